The third-order valence-electron chi connectivity index (χ3n) is 6.60. The number of halogens is 1. The molecule has 3 aromatic rings. The number of carbonyl (C=O) groups excluding carboxylic acids is 2. The molecule has 0 saturated carbocycles. The number of hydrogen-bond donors (Lipinski definition) is 1. The normalized spacial score (nSPS) is 24.3. The number of nitrogens with zero attached hydrogens (tertiary/aromatic N) is 2. The van der Waals surface area contributed by atoms with Gasteiger partial charge in [0.05, 0.1) is 30.9 Å². The summed E-state index contributed by atoms with van der Waals surface area (Å²) in [4.78, 5) is 29.3. The Morgan fingerprint density at radius 2 is 1.94 bits per heavy atom. The van der Waals surface area contributed by atoms with Gasteiger partial charge in [-0.05, 0) is 60.5 Å². The molecule has 0 spiro atoms. The van der Waals surface area contributed by atoms with Crippen molar-refractivity contribution in [3.63, 3.8) is 0 Å². The lowest BCUT2D eigenvalue weighted by Gasteiger charge is -2.35. The van der Waals surface area contributed by atoms with Crippen LogP contribution in [-0.2, 0) is 14.3 Å². The molecule has 3 heterocycles. The fourth-order valence-corrected chi connectivity index (χ4v) is 5.33. The molecule has 7 nitrogen and oxygen atoms in total. The van der Waals surface area contributed by atoms with Gasteiger partial charge in [0.25, 0.3) is 0 Å². The molecule has 0 radical (unpaired) electrons. The fourth-order valence-electron chi connectivity index (χ4n) is 5.20. The quantitative estimate of drug-likeness (QED) is 0.501. The van der Waals surface area contributed by atoms with Crippen molar-refractivity contribution in [1.29, 1.82) is 5.26 Å². The highest BCUT2D eigenvalue weighted by atomic mass is 35.5. The van der Waals surface area contributed by atoms with Crippen LogP contribution >= 0.6 is 11.6 Å². The van der Waals surface area contributed by atoms with Crippen LogP contribution in [-0.4, -0.2) is 29.4 Å². The molecule has 1 unspecified atom stereocenters. The third-order valence-corrected chi connectivity index (χ3v) is 6.85. The molecule has 2 aliphatic rings. The SMILES string of the molecule is CCOC(=O)[C@@]1(C#N)C2c3ccccc3C=CN2[C@H](C(=O)Nc2ccc(Cl)cc2)[C@H]1c1ccco1. The second kappa shape index (κ2) is 8.97. The van der Waals surface area contributed by atoms with E-state index in [9.17, 15) is 14.9 Å². The number of fused-ring (bicyclic) bond motifs is 3. The Morgan fingerprint density at radius 3 is 2.63 bits per heavy atom. The van der Waals surface area contributed by atoms with Crippen molar-refractivity contribution in [2.75, 3.05) is 11.9 Å². The molecule has 0 bridgehead atoms. The molecule has 2 aromatic carbocycles. The smallest absolute Gasteiger partial charge is 0.329 e. The van der Waals surface area contributed by atoms with Crippen molar-refractivity contribution >= 4 is 35.2 Å². The molecular weight excluding hydrogens is 466 g/mol. The third kappa shape index (κ3) is 3.58. The molecule has 5 rings (SSSR count). The Morgan fingerprint density at radius 1 is 1.17 bits per heavy atom. The van der Waals surface area contributed by atoms with Crippen LogP contribution in [0.15, 0.2) is 77.5 Å². The van der Waals surface area contributed by atoms with Crippen molar-refractivity contribution in [1.82, 2.24) is 4.90 Å². The van der Waals surface area contributed by atoms with Gasteiger partial charge in [0.2, 0.25) is 5.91 Å². The molecule has 1 aromatic heterocycles. The van der Waals surface area contributed by atoms with Crippen LogP contribution in [0.1, 0.15) is 35.8 Å². The van der Waals surface area contributed by atoms with Crippen LogP contribution < -0.4 is 5.32 Å². The van der Waals surface area contributed by atoms with Gasteiger partial charge < -0.3 is 19.4 Å². The predicted molar refractivity (Wildman–Crippen MR) is 130 cm³/mol. The highest BCUT2D eigenvalue weighted by molar-refractivity contribution is 6.30. The van der Waals surface area contributed by atoms with Crippen LogP contribution in [0.25, 0.3) is 6.08 Å². The van der Waals surface area contributed by atoms with Gasteiger partial charge in [-0.3, -0.25) is 9.59 Å². The second-order valence-corrected chi connectivity index (χ2v) is 8.87. The number of furan rings is 1. The zero-order valence-electron chi connectivity index (χ0n) is 18.9. The molecule has 4 atom stereocenters. The van der Waals surface area contributed by atoms with Crippen molar-refractivity contribution in [3.05, 3.63) is 95.0 Å². The number of amides is 1. The van der Waals surface area contributed by atoms with E-state index in [4.69, 9.17) is 20.8 Å². The maximum absolute atomic E-state index is 13.8. The summed E-state index contributed by atoms with van der Waals surface area (Å²) in [5, 5.41) is 14.1. The number of benzene rings is 2. The van der Waals surface area contributed by atoms with E-state index in [1.165, 1.54) is 6.26 Å². The maximum atomic E-state index is 13.8. The summed E-state index contributed by atoms with van der Waals surface area (Å²) >= 11 is 6.00. The van der Waals surface area contributed by atoms with Crippen LogP contribution in [0.3, 0.4) is 0 Å². The van der Waals surface area contributed by atoms with E-state index < -0.39 is 29.4 Å². The van der Waals surface area contributed by atoms with Crippen LogP contribution in [0, 0.1) is 16.7 Å². The second-order valence-electron chi connectivity index (χ2n) is 8.43. The number of ether oxygens (including phenoxy) is 1. The molecule has 0 aliphatic carbocycles. The standard InChI is InChI=1S/C27H22ClN3O4/c1-2-34-26(33)27(16-29)22(21-8-5-15-35-21)23(25(32)30-19-11-9-18(28)10-12-19)31-14-13-17-6-3-4-7-20(17)24(27)31/h3-15,22-24H,2H2,1H3,(H,30,32)/t22-,23+,24?,27-/m1/s1. The van der Waals surface area contributed by atoms with E-state index >= 15 is 0 Å². The van der Waals surface area contributed by atoms with Crippen LogP contribution in [0.5, 0.6) is 0 Å². The van der Waals surface area contributed by atoms with E-state index in [-0.39, 0.29) is 12.5 Å². The minimum atomic E-state index is -1.74. The molecule has 1 fully saturated rings. The van der Waals surface area contributed by atoms with Crippen molar-refractivity contribution < 1.29 is 18.7 Å². The summed E-state index contributed by atoms with van der Waals surface area (Å²) in [6.07, 6.45) is 5.12. The molecule has 1 amide bonds. The molecule has 1 saturated heterocycles. The number of anilines is 1. The van der Waals surface area contributed by atoms with Gasteiger partial charge in [-0.25, -0.2) is 0 Å². The van der Waals surface area contributed by atoms with E-state index in [0.29, 0.717) is 16.5 Å². The summed E-state index contributed by atoms with van der Waals surface area (Å²) in [6.45, 7) is 1.79. The first kappa shape index (κ1) is 22.8. The lowest BCUT2D eigenvalue weighted by Crippen LogP contribution is -2.42. The van der Waals surface area contributed by atoms with Crippen molar-refractivity contribution in [3.8, 4) is 6.07 Å². The molecule has 2 aliphatic heterocycles. The van der Waals surface area contributed by atoms with E-state index in [1.807, 2.05) is 30.3 Å². The largest absolute Gasteiger partial charge is 0.469 e. The molecule has 8 heteroatoms. The Hall–Kier alpha value is -4.02. The topological polar surface area (TPSA) is 95.6 Å². The van der Waals surface area contributed by atoms with E-state index in [1.54, 1.807) is 54.4 Å². The number of esters is 1. The van der Waals surface area contributed by atoms with Crippen LogP contribution in [0.2, 0.25) is 5.02 Å². The van der Waals surface area contributed by atoms with Crippen molar-refractivity contribution in [2.24, 2.45) is 5.41 Å². The van der Waals surface area contributed by atoms with E-state index in [2.05, 4.69) is 11.4 Å². The molecule has 176 valence electrons. The van der Waals surface area contributed by atoms with Gasteiger partial charge in [0.15, 0.2) is 5.41 Å². The molecular formula is C27H22ClN3O4. The van der Waals surface area contributed by atoms with Crippen molar-refractivity contribution in [2.45, 2.75) is 24.9 Å². The number of nitrogens with one attached hydrogen (secondary N) is 1. The number of nitriles is 1. The summed E-state index contributed by atoms with van der Waals surface area (Å²) < 4.78 is 11.2. The zero-order chi connectivity index (χ0) is 24.6. The van der Waals surface area contributed by atoms with Gasteiger partial charge in [-0.2, -0.15) is 5.26 Å². The maximum Gasteiger partial charge on any atom is 0.329 e. The minimum Gasteiger partial charge on any atom is -0.469 e. The molecule has 35 heavy (non-hydrogen) atoms. The highest BCUT2D eigenvalue weighted by Gasteiger charge is 2.69. The first-order valence-corrected chi connectivity index (χ1v) is 11.6. The van der Waals surface area contributed by atoms with Gasteiger partial charge >= 0.3 is 5.97 Å². The lowest BCUT2D eigenvalue weighted by atomic mass is 9.68. The van der Waals surface area contributed by atoms with Gasteiger partial charge in [-0.15, -0.1) is 0 Å². The monoisotopic (exact) mass is 487 g/mol. The Kier molecular flexibility index (Phi) is 5.83. The summed E-state index contributed by atoms with van der Waals surface area (Å²) in [6, 6.07) is 18.2. The first-order valence-electron chi connectivity index (χ1n) is 11.2. The summed E-state index contributed by atoms with van der Waals surface area (Å²) in [5.74, 6) is -1.65. The summed E-state index contributed by atoms with van der Waals surface area (Å²) in [5.41, 5.74) is 0.440. The highest BCUT2D eigenvalue weighted by Crippen LogP contribution is 2.60. The lowest BCUT2D eigenvalue weighted by molar-refractivity contribution is -0.154. The number of carbonyl (C=O) groups is 2. The van der Waals surface area contributed by atoms with Gasteiger partial charge in [0.1, 0.15) is 11.8 Å². The van der Waals surface area contributed by atoms with Gasteiger partial charge in [0, 0.05) is 16.9 Å². The summed E-state index contributed by atoms with van der Waals surface area (Å²) in [7, 11) is 0. The Bertz CT molecular complexity index is 1330. The molecule has 1 N–H and O–H groups in total. The van der Waals surface area contributed by atoms with Gasteiger partial charge in [-0.1, -0.05) is 35.9 Å². The number of rotatable bonds is 5. The van der Waals surface area contributed by atoms with E-state index in [0.717, 1.165) is 11.1 Å². The average molecular weight is 488 g/mol. The Balaban J connectivity index is 1.70. The minimum absolute atomic E-state index is 0.0962. The van der Waals surface area contributed by atoms with Crippen LogP contribution in [0.4, 0.5) is 5.69 Å². The average Bonchev–Trinajstić information content (AvgIpc) is 3.50. The Labute approximate surface area is 207 Å². The zero-order valence-corrected chi connectivity index (χ0v) is 19.6. The predicted octanol–water partition coefficient (Wildman–Crippen LogP) is 5.14. The fraction of sp³-hybridized carbons (Fsp3) is 0.222. The first-order chi connectivity index (χ1) is 17.0. The number of hydrogen-bond acceptors (Lipinski definition) is 6.